The number of phenolic OH excluding ortho intramolecular Hbond substituents is 2. The molecular weight excluding hydrogens is 354 g/mol. The van der Waals surface area contributed by atoms with E-state index in [0.717, 1.165) is 12.1 Å². The molecule has 0 spiro atoms. The van der Waals surface area contributed by atoms with Gasteiger partial charge in [0.25, 0.3) is 0 Å². The number of hydrogen-bond donors (Lipinski definition) is 4. The number of phenols is 2. The van der Waals surface area contributed by atoms with Gasteiger partial charge in [0.15, 0.2) is 0 Å². The van der Waals surface area contributed by atoms with Crippen LogP contribution in [0.2, 0.25) is 0 Å². The SMILES string of the molecule is Nc1cc(C(c2cccc(O)c2N)(C(F)(F)F)C(F)(F)F)ccc1O. The van der Waals surface area contributed by atoms with Gasteiger partial charge in [-0.2, -0.15) is 26.3 Å². The normalized spacial score (nSPS) is 13.0. The zero-order chi connectivity index (χ0) is 19.2. The summed E-state index contributed by atoms with van der Waals surface area (Å²) in [6, 6.07) is 3.66. The number of aromatic hydroxyl groups is 2. The third kappa shape index (κ3) is 2.67. The van der Waals surface area contributed by atoms with Crippen molar-refractivity contribution in [1.29, 1.82) is 0 Å². The van der Waals surface area contributed by atoms with Crippen molar-refractivity contribution in [2.24, 2.45) is 0 Å². The molecule has 0 aliphatic heterocycles. The largest absolute Gasteiger partial charge is 0.506 e. The monoisotopic (exact) mass is 366 g/mol. The van der Waals surface area contributed by atoms with E-state index in [2.05, 4.69) is 0 Å². The number of hydrogen-bond acceptors (Lipinski definition) is 4. The first kappa shape index (κ1) is 18.6. The molecule has 2 aromatic carbocycles. The summed E-state index contributed by atoms with van der Waals surface area (Å²) in [7, 11) is 0. The van der Waals surface area contributed by atoms with Crippen LogP contribution in [-0.2, 0) is 5.41 Å². The second-order valence-corrected chi connectivity index (χ2v) is 5.26. The number of anilines is 2. The lowest BCUT2D eigenvalue weighted by molar-refractivity contribution is -0.288. The molecular formula is C15H12F6N2O2. The van der Waals surface area contributed by atoms with Gasteiger partial charge in [0.05, 0.1) is 11.4 Å². The number of rotatable bonds is 2. The summed E-state index contributed by atoms with van der Waals surface area (Å²) in [6.45, 7) is 0. The molecule has 0 fully saturated rings. The molecule has 0 aliphatic carbocycles. The first-order valence-electron chi connectivity index (χ1n) is 6.64. The van der Waals surface area contributed by atoms with E-state index in [4.69, 9.17) is 11.5 Å². The summed E-state index contributed by atoms with van der Waals surface area (Å²) in [5.41, 5.74) is 1.65. The smallest absolute Gasteiger partial charge is 0.411 e. The van der Waals surface area contributed by atoms with Crippen LogP contribution in [0.4, 0.5) is 37.7 Å². The predicted molar refractivity (Wildman–Crippen MR) is 77.9 cm³/mol. The third-order valence-electron chi connectivity index (χ3n) is 3.80. The summed E-state index contributed by atoms with van der Waals surface area (Å²) in [4.78, 5) is 0. The van der Waals surface area contributed by atoms with E-state index in [0.29, 0.717) is 24.3 Å². The van der Waals surface area contributed by atoms with E-state index in [1.165, 1.54) is 0 Å². The van der Waals surface area contributed by atoms with Crippen molar-refractivity contribution in [3.8, 4) is 11.5 Å². The third-order valence-corrected chi connectivity index (χ3v) is 3.80. The lowest BCUT2D eigenvalue weighted by atomic mass is 9.72. The first-order chi connectivity index (χ1) is 11.3. The Morgan fingerprint density at radius 1 is 0.760 bits per heavy atom. The number of nitrogens with two attached hydrogens (primary N) is 2. The molecule has 0 heterocycles. The molecule has 2 rings (SSSR count). The Bertz CT molecular complexity index is 788. The summed E-state index contributed by atoms with van der Waals surface area (Å²) in [6.07, 6.45) is -11.8. The van der Waals surface area contributed by atoms with Crippen LogP contribution in [0, 0.1) is 0 Å². The summed E-state index contributed by atoms with van der Waals surface area (Å²) in [5.74, 6) is -1.60. The van der Waals surface area contributed by atoms with Gasteiger partial charge >= 0.3 is 12.4 Å². The second-order valence-electron chi connectivity index (χ2n) is 5.26. The average Bonchev–Trinajstić information content (AvgIpc) is 2.45. The molecule has 0 bridgehead atoms. The zero-order valence-corrected chi connectivity index (χ0v) is 12.3. The quantitative estimate of drug-likeness (QED) is 0.371. The fourth-order valence-corrected chi connectivity index (χ4v) is 2.62. The van der Waals surface area contributed by atoms with Crippen molar-refractivity contribution in [1.82, 2.24) is 0 Å². The van der Waals surface area contributed by atoms with Crippen molar-refractivity contribution >= 4 is 11.4 Å². The van der Waals surface area contributed by atoms with Gasteiger partial charge in [0, 0.05) is 5.56 Å². The maximum atomic E-state index is 13.8. The molecule has 10 heteroatoms. The molecule has 6 N–H and O–H groups in total. The highest BCUT2D eigenvalue weighted by Gasteiger charge is 2.73. The average molecular weight is 366 g/mol. The Morgan fingerprint density at radius 3 is 1.80 bits per heavy atom. The Balaban J connectivity index is 3.02. The van der Waals surface area contributed by atoms with Crippen molar-refractivity contribution in [2.75, 3.05) is 11.5 Å². The lowest BCUT2D eigenvalue weighted by Gasteiger charge is -2.39. The van der Waals surface area contributed by atoms with Crippen LogP contribution >= 0.6 is 0 Å². The second kappa shape index (κ2) is 5.64. The molecule has 0 aliphatic rings. The molecule has 0 saturated carbocycles. The van der Waals surface area contributed by atoms with E-state index in [9.17, 15) is 36.6 Å². The number of alkyl halides is 6. The minimum absolute atomic E-state index is 0.375. The minimum atomic E-state index is -5.88. The summed E-state index contributed by atoms with van der Waals surface area (Å²) < 4.78 is 83.0. The Hall–Kier alpha value is -2.78. The number of para-hydroxylation sites is 1. The van der Waals surface area contributed by atoms with Crippen LogP contribution in [0.25, 0.3) is 0 Å². The van der Waals surface area contributed by atoms with E-state index < -0.39 is 51.8 Å². The van der Waals surface area contributed by atoms with Crippen LogP contribution in [-0.4, -0.2) is 22.6 Å². The summed E-state index contributed by atoms with van der Waals surface area (Å²) >= 11 is 0. The molecule has 0 atom stereocenters. The van der Waals surface area contributed by atoms with Crippen LogP contribution in [0.15, 0.2) is 36.4 Å². The number of benzene rings is 2. The molecule has 25 heavy (non-hydrogen) atoms. The lowest BCUT2D eigenvalue weighted by Crippen LogP contribution is -2.55. The van der Waals surface area contributed by atoms with E-state index in [1.807, 2.05) is 0 Å². The molecule has 0 aromatic heterocycles. The Kier molecular flexibility index (Phi) is 4.19. The molecule has 136 valence electrons. The highest BCUT2D eigenvalue weighted by atomic mass is 19.4. The molecule has 0 unspecified atom stereocenters. The van der Waals surface area contributed by atoms with Crippen LogP contribution < -0.4 is 11.5 Å². The van der Waals surface area contributed by atoms with Gasteiger partial charge in [-0.05, 0) is 23.8 Å². The molecule has 0 radical (unpaired) electrons. The van der Waals surface area contributed by atoms with Crippen LogP contribution in [0.5, 0.6) is 11.5 Å². The van der Waals surface area contributed by atoms with Gasteiger partial charge in [0.1, 0.15) is 11.5 Å². The molecule has 0 saturated heterocycles. The van der Waals surface area contributed by atoms with E-state index >= 15 is 0 Å². The highest BCUT2D eigenvalue weighted by Crippen LogP contribution is 2.58. The Labute approximate surface area is 137 Å². The van der Waals surface area contributed by atoms with Gasteiger partial charge in [-0.25, -0.2) is 0 Å². The fraction of sp³-hybridized carbons (Fsp3) is 0.200. The van der Waals surface area contributed by atoms with Gasteiger partial charge in [-0.3, -0.25) is 0 Å². The maximum Gasteiger partial charge on any atom is 0.411 e. The highest BCUT2D eigenvalue weighted by molar-refractivity contribution is 5.66. The molecule has 0 amide bonds. The van der Waals surface area contributed by atoms with Crippen LogP contribution in [0.1, 0.15) is 11.1 Å². The summed E-state index contributed by atoms with van der Waals surface area (Å²) in [5, 5.41) is 18.8. The maximum absolute atomic E-state index is 13.8. The van der Waals surface area contributed by atoms with E-state index in [1.54, 1.807) is 0 Å². The topological polar surface area (TPSA) is 92.5 Å². The van der Waals surface area contributed by atoms with Crippen molar-refractivity contribution in [3.63, 3.8) is 0 Å². The zero-order valence-electron chi connectivity index (χ0n) is 12.3. The van der Waals surface area contributed by atoms with E-state index in [-0.39, 0.29) is 0 Å². The number of halogens is 6. The molecule has 4 nitrogen and oxygen atoms in total. The standard InChI is InChI=1S/C15H12F6N2O2/c16-14(17,18)13(15(19,20)21,7-4-5-10(24)9(22)6-7)8-2-1-3-11(25)12(8)23/h1-6,24-25H,22-23H2. The fourth-order valence-electron chi connectivity index (χ4n) is 2.62. The van der Waals surface area contributed by atoms with Crippen molar-refractivity contribution in [3.05, 3.63) is 47.5 Å². The van der Waals surface area contributed by atoms with Gasteiger partial charge < -0.3 is 21.7 Å². The van der Waals surface area contributed by atoms with Gasteiger partial charge in [-0.15, -0.1) is 0 Å². The van der Waals surface area contributed by atoms with Crippen molar-refractivity contribution in [2.45, 2.75) is 17.8 Å². The first-order valence-corrected chi connectivity index (χ1v) is 6.64. The van der Waals surface area contributed by atoms with Gasteiger partial charge in [-0.1, -0.05) is 18.2 Å². The molecule has 2 aromatic rings. The van der Waals surface area contributed by atoms with Gasteiger partial charge in [0.2, 0.25) is 5.41 Å². The van der Waals surface area contributed by atoms with Crippen molar-refractivity contribution < 1.29 is 36.6 Å². The minimum Gasteiger partial charge on any atom is -0.506 e. The number of nitrogen functional groups attached to an aromatic ring is 2. The Morgan fingerprint density at radius 2 is 1.32 bits per heavy atom. The van der Waals surface area contributed by atoms with Crippen LogP contribution in [0.3, 0.4) is 0 Å². The predicted octanol–water partition coefficient (Wildman–Crippen LogP) is 3.67.